The summed E-state index contributed by atoms with van der Waals surface area (Å²) in [5.74, 6) is 5.38. The molecule has 0 unspecified atom stereocenters. The van der Waals surface area contributed by atoms with Crippen molar-refractivity contribution in [3.8, 4) is 29.1 Å². The number of methoxy groups -OCH3 is 1. The van der Waals surface area contributed by atoms with Gasteiger partial charge >= 0.3 is 0 Å². The number of hydrogen-bond acceptors (Lipinski definition) is 4. The van der Waals surface area contributed by atoms with Crippen LogP contribution in [0.15, 0.2) is 42.5 Å². The van der Waals surface area contributed by atoms with Gasteiger partial charge in [0.25, 0.3) is 0 Å². The molecule has 0 heterocycles. The zero-order chi connectivity index (χ0) is 16.8. The molecule has 23 heavy (non-hydrogen) atoms. The van der Waals surface area contributed by atoms with E-state index in [1.54, 1.807) is 12.1 Å². The number of ether oxygens (including phenoxy) is 2. The van der Waals surface area contributed by atoms with Crippen molar-refractivity contribution in [1.29, 1.82) is 0 Å². The maximum Gasteiger partial charge on any atom is 0.240 e. The Bertz CT molecular complexity index is 752. The third-order valence-corrected chi connectivity index (χ3v) is 2.98. The lowest BCUT2D eigenvalue weighted by Crippen LogP contribution is -2.07. The molecule has 0 bridgehead atoms. The summed E-state index contributed by atoms with van der Waals surface area (Å²) in [5, 5.41) is 10.1. The first-order valence-corrected chi connectivity index (χ1v) is 7.20. The first kappa shape index (κ1) is 16.4. The van der Waals surface area contributed by atoms with Gasteiger partial charge in [-0.1, -0.05) is 24.1 Å². The van der Waals surface area contributed by atoms with Crippen molar-refractivity contribution < 1.29 is 19.4 Å². The summed E-state index contributed by atoms with van der Waals surface area (Å²) in [7, 11) is 1.48. The summed E-state index contributed by atoms with van der Waals surface area (Å²) in [6.07, 6.45) is -0.0808. The third-order valence-electron chi connectivity index (χ3n) is 2.98. The van der Waals surface area contributed by atoms with E-state index in [0.29, 0.717) is 11.5 Å². The molecule has 118 valence electrons. The molecule has 0 amide bonds. The highest BCUT2D eigenvalue weighted by Gasteiger charge is 2.16. The molecule has 4 heteroatoms. The highest BCUT2D eigenvalue weighted by molar-refractivity contribution is 6.11. The molecule has 4 nitrogen and oxygen atoms in total. The number of aromatic hydroxyl groups is 1. The summed E-state index contributed by atoms with van der Waals surface area (Å²) in [4.78, 5) is 12.2. The van der Waals surface area contributed by atoms with Gasteiger partial charge < -0.3 is 14.6 Å². The minimum absolute atomic E-state index is 0.0808. The van der Waals surface area contributed by atoms with Crippen LogP contribution in [0.5, 0.6) is 17.2 Å². The molecule has 2 aromatic carbocycles. The number of ketones is 1. The summed E-state index contributed by atoms with van der Waals surface area (Å²) >= 11 is 0. The Morgan fingerprint density at radius 3 is 2.43 bits per heavy atom. The number of benzene rings is 2. The van der Waals surface area contributed by atoms with Gasteiger partial charge in [0.15, 0.2) is 11.5 Å². The van der Waals surface area contributed by atoms with Crippen LogP contribution in [0, 0.1) is 11.8 Å². The first-order valence-electron chi connectivity index (χ1n) is 7.20. The summed E-state index contributed by atoms with van der Waals surface area (Å²) in [6.45, 7) is 3.72. The molecule has 0 aliphatic rings. The third kappa shape index (κ3) is 4.27. The predicted molar refractivity (Wildman–Crippen MR) is 88.1 cm³/mol. The minimum Gasteiger partial charge on any atom is -0.507 e. The van der Waals surface area contributed by atoms with Crippen LogP contribution in [0.1, 0.15) is 29.8 Å². The molecule has 0 saturated carbocycles. The van der Waals surface area contributed by atoms with Crippen LogP contribution in [-0.4, -0.2) is 24.1 Å². The monoisotopic (exact) mass is 310 g/mol. The first-order chi connectivity index (χ1) is 11.0. The van der Waals surface area contributed by atoms with Crippen LogP contribution in [0.4, 0.5) is 0 Å². The molecular weight excluding hydrogens is 292 g/mol. The summed E-state index contributed by atoms with van der Waals surface area (Å²) in [5.41, 5.74) is 0.813. The average molecular weight is 310 g/mol. The van der Waals surface area contributed by atoms with Crippen molar-refractivity contribution in [2.45, 2.75) is 20.0 Å². The zero-order valence-corrected chi connectivity index (χ0v) is 13.3. The minimum atomic E-state index is -0.485. The molecule has 2 rings (SSSR count). The standard InChI is InChI=1S/C19H18O4/c1-13(2)23-19-12-17(21)15(11-18(19)22-3)16(20)10-9-14-7-5-4-6-8-14/h4-8,11-13,21H,1-3H3. The fraction of sp³-hybridized carbons (Fsp3) is 0.211. The number of hydrogen-bond donors (Lipinski definition) is 1. The van der Waals surface area contributed by atoms with Gasteiger partial charge in [0.05, 0.1) is 18.8 Å². The van der Waals surface area contributed by atoms with Gasteiger partial charge in [-0.25, -0.2) is 0 Å². The number of phenolic OH excluding ortho intramolecular Hbond substituents is 1. The van der Waals surface area contributed by atoms with Crippen LogP contribution < -0.4 is 9.47 Å². The lowest BCUT2D eigenvalue weighted by molar-refractivity contribution is 0.105. The van der Waals surface area contributed by atoms with Crippen LogP contribution in [0.25, 0.3) is 0 Å². The van der Waals surface area contributed by atoms with E-state index < -0.39 is 5.78 Å². The molecule has 0 radical (unpaired) electrons. The molecule has 0 aliphatic heterocycles. The molecule has 0 spiro atoms. The van der Waals surface area contributed by atoms with Crippen LogP contribution in [-0.2, 0) is 0 Å². The Morgan fingerprint density at radius 2 is 1.83 bits per heavy atom. The van der Waals surface area contributed by atoms with Crippen LogP contribution >= 0.6 is 0 Å². The van der Waals surface area contributed by atoms with E-state index in [-0.39, 0.29) is 17.4 Å². The van der Waals surface area contributed by atoms with Gasteiger partial charge in [-0.2, -0.15) is 0 Å². The number of rotatable bonds is 4. The van der Waals surface area contributed by atoms with E-state index in [9.17, 15) is 9.90 Å². The number of carbonyl (C=O) groups excluding carboxylic acids is 1. The Hall–Kier alpha value is -2.93. The SMILES string of the molecule is COc1cc(C(=O)C#Cc2ccccc2)c(O)cc1OC(C)C. The molecule has 0 aromatic heterocycles. The molecule has 0 aliphatic carbocycles. The number of phenols is 1. The highest BCUT2D eigenvalue weighted by Crippen LogP contribution is 2.35. The molecule has 0 saturated heterocycles. The molecule has 2 aromatic rings. The quantitative estimate of drug-likeness (QED) is 0.694. The van der Waals surface area contributed by atoms with Crippen molar-refractivity contribution in [3.05, 3.63) is 53.6 Å². The predicted octanol–water partition coefficient (Wildman–Crippen LogP) is 3.42. The summed E-state index contributed by atoms with van der Waals surface area (Å²) < 4.78 is 10.8. The van der Waals surface area contributed by atoms with E-state index in [2.05, 4.69) is 11.8 Å². The van der Waals surface area contributed by atoms with Crippen molar-refractivity contribution in [2.75, 3.05) is 7.11 Å². The fourth-order valence-corrected chi connectivity index (χ4v) is 1.95. The largest absolute Gasteiger partial charge is 0.507 e. The van der Waals surface area contributed by atoms with Crippen LogP contribution in [0.3, 0.4) is 0 Å². The lowest BCUT2D eigenvalue weighted by atomic mass is 10.1. The Labute approximate surface area is 135 Å². The number of Topliss-reactive ketones (excluding diaryl/α,β-unsaturated/α-hetero) is 1. The maximum absolute atomic E-state index is 12.2. The van der Waals surface area contributed by atoms with E-state index in [1.165, 1.54) is 19.2 Å². The second-order valence-electron chi connectivity index (χ2n) is 5.13. The van der Waals surface area contributed by atoms with Gasteiger partial charge in [0.1, 0.15) is 5.75 Å². The number of carbonyl (C=O) groups is 1. The smallest absolute Gasteiger partial charge is 0.240 e. The van der Waals surface area contributed by atoms with Gasteiger partial charge in [0.2, 0.25) is 5.78 Å². The van der Waals surface area contributed by atoms with Crippen molar-refractivity contribution in [2.24, 2.45) is 0 Å². The van der Waals surface area contributed by atoms with E-state index in [4.69, 9.17) is 9.47 Å². The zero-order valence-electron chi connectivity index (χ0n) is 13.3. The van der Waals surface area contributed by atoms with Crippen molar-refractivity contribution in [3.63, 3.8) is 0 Å². The summed E-state index contributed by atoms with van der Waals surface area (Å²) in [6, 6.07) is 12.0. The van der Waals surface area contributed by atoms with E-state index in [1.807, 2.05) is 32.0 Å². The molecule has 0 fully saturated rings. The van der Waals surface area contributed by atoms with Crippen molar-refractivity contribution in [1.82, 2.24) is 0 Å². The molecular formula is C19H18O4. The molecule has 0 atom stereocenters. The lowest BCUT2D eigenvalue weighted by Gasteiger charge is -2.14. The second kappa shape index (κ2) is 7.37. The highest BCUT2D eigenvalue weighted by atomic mass is 16.5. The molecule has 1 N–H and O–H groups in total. The average Bonchev–Trinajstić information content (AvgIpc) is 2.53. The van der Waals surface area contributed by atoms with Crippen LogP contribution in [0.2, 0.25) is 0 Å². The normalized spacial score (nSPS) is 9.91. The topological polar surface area (TPSA) is 55.8 Å². The second-order valence-corrected chi connectivity index (χ2v) is 5.13. The Morgan fingerprint density at radius 1 is 1.13 bits per heavy atom. The van der Waals surface area contributed by atoms with Gasteiger partial charge in [-0.3, -0.25) is 4.79 Å². The van der Waals surface area contributed by atoms with Crippen molar-refractivity contribution >= 4 is 5.78 Å². The Balaban J connectivity index is 2.32. The van der Waals surface area contributed by atoms with Gasteiger partial charge in [0, 0.05) is 11.6 Å². The van der Waals surface area contributed by atoms with Gasteiger partial charge in [-0.05, 0) is 38.0 Å². The Kier molecular flexibility index (Phi) is 5.27. The van der Waals surface area contributed by atoms with E-state index in [0.717, 1.165) is 5.56 Å². The fourth-order valence-electron chi connectivity index (χ4n) is 1.95. The van der Waals surface area contributed by atoms with Gasteiger partial charge in [-0.15, -0.1) is 0 Å². The van der Waals surface area contributed by atoms with E-state index >= 15 is 0 Å². The maximum atomic E-state index is 12.2.